The molecule has 0 bridgehead atoms. The third kappa shape index (κ3) is 4.02. The number of hydrogen-bond donors (Lipinski definition) is 0. The van der Waals surface area contributed by atoms with Gasteiger partial charge in [-0.1, -0.05) is 43.0 Å². The highest BCUT2D eigenvalue weighted by Gasteiger charge is 2.52. The first-order chi connectivity index (χ1) is 18.8. The average molecular weight is 523 g/mol. The summed E-state index contributed by atoms with van der Waals surface area (Å²) in [5.74, 6) is -0.610. The third-order valence-corrected chi connectivity index (χ3v) is 7.70. The van der Waals surface area contributed by atoms with E-state index in [0.717, 1.165) is 53.0 Å². The summed E-state index contributed by atoms with van der Waals surface area (Å²) in [7, 11) is 0. The Morgan fingerprint density at radius 1 is 1.00 bits per heavy atom. The molecule has 1 aromatic heterocycles. The van der Waals surface area contributed by atoms with E-state index in [0.29, 0.717) is 16.9 Å². The van der Waals surface area contributed by atoms with Gasteiger partial charge >= 0.3 is 11.9 Å². The van der Waals surface area contributed by atoms with Gasteiger partial charge in [0.2, 0.25) is 0 Å². The number of para-hydroxylation sites is 1. The molecule has 200 valence electrons. The summed E-state index contributed by atoms with van der Waals surface area (Å²) in [6.45, 7) is 16.0. The molecular formula is C33H34N2O4. The fourth-order valence-corrected chi connectivity index (χ4v) is 5.88. The van der Waals surface area contributed by atoms with E-state index in [1.807, 2.05) is 48.5 Å². The summed E-state index contributed by atoms with van der Waals surface area (Å²) >= 11 is 0. The van der Waals surface area contributed by atoms with Crippen molar-refractivity contribution in [1.29, 1.82) is 0 Å². The van der Waals surface area contributed by atoms with Crippen LogP contribution in [0.4, 0.5) is 5.69 Å². The smallest absolute Gasteiger partial charge is 0.340 e. The lowest BCUT2D eigenvalue weighted by Gasteiger charge is -2.33. The zero-order valence-electron chi connectivity index (χ0n) is 23.2. The number of esters is 2. The predicted octanol–water partition coefficient (Wildman–Crippen LogP) is 6.76. The molecule has 2 heterocycles. The van der Waals surface area contributed by atoms with E-state index in [1.54, 1.807) is 13.0 Å². The number of aryl methyl sites for hydroxylation is 1. The minimum absolute atomic E-state index is 0.283. The summed E-state index contributed by atoms with van der Waals surface area (Å²) in [6.07, 6.45) is 0. The van der Waals surface area contributed by atoms with Gasteiger partial charge in [0.05, 0.1) is 5.56 Å². The molecule has 0 radical (unpaired) electrons. The van der Waals surface area contributed by atoms with Crippen molar-refractivity contribution in [2.45, 2.75) is 46.8 Å². The fourth-order valence-electron chi connectivity index (χ4n) is 5.88. The number of rotatable bonds is 8. The van der Waals surface area contributed by atoms with Crippen molar-refractivity contribution in [3.05, 3.63) is 107 Å². The highest BCUT2D eigenvalue weighted by Crippen LogP contribution is 2.53. The molecule has 0 fully saturated rings. The van der Waals surface area contributed by atoms with Gasteiger partial charge in [0.1, 0.15) is 5.75 Å². The van der Waals surface area contributed by atoms with Crippen molar-refractivity contribution in [2.75, 3.05) is 18.0 Å². The molecule has 1 aliphatic heterocycles. The van der Waals surface area contributed by atoms with Crippen LogP contribution in [0.1, 0.15) is 60.4 Å². The number of fused-ring (bicyclic) bond motifs is 2. The SMILES string of the molecule is C=C(C)C(=O)Oc1cc(N(CC)CC)ccc1C1(c2c(C)n(CC)c3ccccc23)OC(=O)c2ccccc21. The number of anilines is 1. The van der Waals surface area contributed by atoms with Gasteiger partial charge in [-0.3, -0.25) is 0 Å². The largest absolute Gasteiger partial charge is 0.440 e. The lowest BCUT2D eigenvalue weighted by molar-refractivity contribution is -0.130. The molecular weight excluding hydrogens is 488 g/mol. The molecule has 0 spiro atoms. The Hall–Kier alpha value is -4.32. The molecule has 3 aromatic carbocycles. The molecule has 1 aliphatic rings. The second-order valence-electron chi connectivity index (χ2n) is 9.86. The molecule has 4 aromatic rings. The highest BCUT2D eigenvalue weighted by molar-refractivity contribution is 5.99. The van der Waals surface area contributed by atoms with Gasteiger partial charge in [0, 0.05) is 70.2 Å². The Kier molecular flexibility index (Phi) is 6.81. The van der Waals surface area contributed by atoms with Gasteiger partial charge in [-0.2, -0.15) is 0 Å². The van der Waals surface area contributed by atoms with Crippen molar-refractivity contribution in [2.24, 2.45) is 0 Å². The molecule has 0 saturated heterocycles. The van der Waals surface area contributed by atoms with Gasteiger partial charge in [-0.15, -0.1) is 0 Å². The Morgan fingerprint density at radius 2 is 1.69 bits per heavy atom. The number of cyclic esters (lactones) is 1. The molecule has 0 aliphatic carbocycles. The predicted molar refractivity (Wildman–Crippen MR) is 155 cm³/mol. The molecule has 0 saturated carbocycles. The van der Waals surface area contributed by atoms with E-state index in [9.17, 15) is 9.59 Å². The van der Waals surface area contributed by atoms with Gasteiger partial charge in [0.25, 0.3) is 0 Å². The average Bonchev–Trinajstić information content (AvgIpc) is 3.40. The van der Waals surface area contributed by atoms with Crippen molar-refractivity contribution < 1.29 is 19.1 Å². The molecule has 6 heteroatoms. The van der Waals surface area contributed by atoms with Crippen molar-refractivity contribution in [3.63, 3.8) is 0 Å². The summed E-state index contributed by atoms with van der Waals surface area (Å²) < 4.78 is 14.7. The third-order valence-electron chi connectivity index (χ3n) is 7.70. The minimum atomic E-state index is -1.33. The van der Waals surface area contributed by atoms with E-state index in [-0.39, 0.29) is 5.57 Å². The lowest BCUT2D eigenvalue weighted by atomic mass is 9.78. The summed E-state index contributed by atoms with van der Waals surface area (Å²) in [5, 5.41) is 0.978. The number of aromatic nitrogens is 1. The fraction of sp³-hybridized carbons (Fsp3) is 0.273. The number of ether oxygens (including phenoxy) is 2. The van der Waals surface area contributed by atoms with E-state index >= 15 is 0 Å². The summed E-state index contributed by atoms with van der Waals surface area (Å²) in [4.78, 5) is 28.6. The zero-order valence-corrected chi connectivity index (χ0v) is 23.2. The Balaban J connectivity index is 1.91. The van der Waals surface area contributed by atoms with Crippen LogP contribution in [0.15, 0.2) is 78.9 Å². The highest BCUT2D eigenvalue weighted by atomic mass is 16.6. The van der Waals surface area contributed by atoms with Crippen LogP contribution in [0, 0.1) is 6.92 Å². The van der Waals surface area contributed by atoms with Gasteiger partial charge in [-0.05, 0) is 58.9 Å². The summed E-state index contributed by atoms with van der Waals surface area (Å²) in [6, 6.07) is 21.4. The first-order valence-electron chi connectivity index (χ1n) is 13.5. The van der Waals surface area contributed by atoms with Crippen LogP contribution in [0.5, 0.6) is 5.75 Å². The second kappa shape index (κ2) is 10.1. The van der Waals surface area contributed by atoms with Crippen molar-refractivity contribution in [1.82, 2.24) is 4.57 Å². The number of hydrogen-bond acceptors (Lipinski definition) is 5. The topological polar surface area (TPSA) is 60.8 Å². The molecule has 1 atom stereocenters. The molecule has 39 heavy (non-hydrogen) atoms. The molecule has 6 nitrogen and oxygen atoms in total. The Labute approximate surface area is 229 Å². The van der Waals surface area contributed by atoms with Crippen LogP contribution in [-0.2, 0) is 21.7 Å². The number of carbonyl (C=O) groups excluding carboxylic acids is 2. The van der Waals surface area contributed by atoms with Crippen LogP contribution in [0.3, 0.4) is 0 Å². The van der Waals surface area contributed by atoms with Gasteiger partial charge in [0.15, 0.2) is 5.60 Å². The maximum absolute atomic E-state index is 13.5. The number of carbonyl (C=O) groups is 2. The monoisotopic (exact) mass is 522 g/mol. The quantitative estimate of drug-likeness (QED) is 0.145. The van der Waals surface area contributed by atoms with Crippen LogP contribution in [0.25, 0.3) is 10.9 Å². The zero-order chi connectivity index (χ0) is 27.9. The Morgan fingerprint density at radius 3 is 2.38 bits per heavy atom. The summed E-state index contributed by atoms with van der Waals surface area (Å²) in [5.41, 5.74) is 4.57. The lowest BCUT2D eigenvalue weighted by Crippen LogP contribution is -2.32. The molecule has 0 amide bonds. The molecule has 1 unspecified atom stereocenters. The van der Waals surface area contributed by atoms with E-state index in [2.05, 4.69) is 55.9 Å². The number of benzene rings is 3. The van der Waals surface area contributed by atoms with Crippen molar-refractivity contribution >= 4 is 28.5 Å². The van der Waals surface area contributed by atoms with E-state index < -0.39 is 17.5 Å². The normalized spacial score (nSPS) is 16.2. The van der Waals surface area contributed by atoms with Gasteiger partial charge in [-0.25, -0.2) is 9.59 Å². The maximum atomic E-state index is 13.5. The van der Waals surface area contributed by atoms with E-state index in [1.165, 1.54) is 0 Å². The standard InChI is InChI=1S/C33H34N2O4/c1-7-34(8-2)23-18-19-27(29(20-23)38-31(36)21(4)5)33(26-16-12-10-14-24(26)32(37)39-33)30-22(6)35(9-3)28-17-13-11-15-25(28)30/h10-20H,4,7-9H2,1-3,5-6H3. The Bertz CT molecular complexity index is 1610. The van der Waals surface area contributed by atoms with Gasteiger partial charge < -0.3 is 18.9 Å². The second-order valence-corrected chi connectivity index (χ2v) is 9.86. The van der Waals surface area contributed by atoms with Crippen LogP contribution >= 0.6 is 0 Å². The van der Waals surface area contributed by atoms with Crippen molar-refractivity contribution in [3.8, 4) is 5.75 Å². The minimum Gasteiger partial charge on any atom is -0.440 e. The van der Waals surface area contributed by atoms with E-state index in [4.69, 9.17) is 9.47 Å². The molecule has 0 N–H and O–H groups in total. The maximum Gasteiger partial charge on any atom is 0.340 e. The van der Waals surface area contributed by atoms with Crippen LogP contribution in [-0.4, -0.2) is 29.6 Å². The van der Waals surface area contributed by atoms with Crippen LogP contribution < -0.4 is 9.64 Å². The molecule has 5 rings (SSSR count). The number of nitrogens with zero attached hydrogens (tertiary/aromatic N) is 2. The van der Waals surface area contributed by atoms with Crippen LogP contribution in [0.2, 0.25) is 0 Å². The first kappa shape index (κ1) is 26.3. The first-order valence-corrected chi connectivity index (χ1v) is 13.5.